The van der Waals surface area contributed by atoms with Gasteiger partial charge in [-0.3, -0.25) is 4.79 Å². The highest BCUT2D eigenvalue weighted by molar-refractivity contribution is 5.94. The normalized spacial score (nSPS) is 9.71. The first-order chi connectivity index (χ1) is 10.2. The molecule has 0 aromatic heterocycles. The van der Waals surface area contributed by atoms with Crippen LogP contribution < -0.4 is 10.1 Å². The average Bonchev–Trinajstić information content (AvgIpc) is 2.53. The summed E-state index contributed by atoms with van der Waals surface area (Å²) in [7, 11) is 1.60. The zero-order chi connectivity index (χ0) is 15.1. The quantitative estimate of drug-likeness (QED) is 0.916. The summed E-state index contributed by atoms with van der Waals surface area (Å²) in [5, 5.41) is 11.6. The van der Waals surface area contributed by atoms with E-state index in [1.54, 1.807) is 25.3 Å². The van der Waals surface area contributed by atoms with Crippen molar-refractivity contribution in [1.29, 1.82) is 5.26 Å². The molecule has 0 unspecified atom stereocenters. The number of carbonyl (C=O) groups is 1. The van der Waals surface area contributed by atoms with Crippen molar-refractivity contribution < 1.29 is 9.53 Å². The number of rotatable bonds is 5. The summed E-state index contributed by atoms with van der Waals surface area (Å²) in [6.45, 7) is 0.394. The van der Waals surface area contributed by atoms with E-state index in [0.717, 1.165) is 16.9 Å². The lowest BCUT2D eigenvalue weighted by atomic mass is 10.1. The number of carbonyl (C=O) groups excluding carboxylic acids is 1. The Kier molecular flexibility index (Phi) is 4.94. The van der Waals surface area contributed by atoms with Gasteiger partial charge in [0.05, 0.1) is 19.6 Å². The van der Waals surface area contributed by atoms with Gasteiger partial charge in [0, 0.05) is 17.7 Å². The molecule has 2 aromatic rings. The summed E-state index contributed by atoms with van der Waals surface area (Å²) in [6.07, 6.45) is 0.299. The number of ether oxygens (including phenoxy) is 1. The van der Waals surface area contributed by atoms with Gasteiger partial charge < -0.3 is 10.1 Å². The molecule has 2 aromatic carbocycles. The van der Waals surface area contributed by atoms with Crippen LogP contribution in [0.2, 0.25) is 0 Å². The van der Waals surface area contributed by atoms with Crippen molar-refractivity contribution in [3.8, 4) is 11.8 Å². The van der Waals surface area contributed by atoms with Crippen LogP contribution in [0.3, 0.4) is 0 Å². The number of hydrogen-bond donors (Lipinski definition) is 1. The summed E-state index contributed by atoms with van der Waals surface area (Å²) >= 11 is 0. The van der Waals surface area contributed by atoms with Crippen LogP contribution in [0.5, 0.6) is 5.75 Å². The van der Waals surface area contributed by atoms with Crippen LogP contribution in [0.25, 0.3) is 0 Å². The average molecular weight is 280 g/mol. The standard InChI is InChI=1S/C17H16N2O2/c1-21-16-8-3-2-6-15(16)12-19-17(20)14-7-4-5-13(11-14)9-10-18/h2-8,11H,9,12H2,1H3,(H,19,20). The molecule has 21 heavy (non-hydrogen) atoms. The molecule has 0 aliphatic heterocycles. The maximum Gasteiger partial charge on any atom is 0.251 e. The van der Waals surface area contributed by atoms with Crippen LogP contribution in [-0.4, -0.2) is 13.0 Å². The molecule has 4 nitrogen and oxygen atoms in total. The third-order valence-corrected chi connectivity index (χ3v) is 3.10. The van der Waals surface area contributed by atoms with Crippen LogP contribution in [0, 0.1) is 11.3 Å². The molecule has 4 heteroatoms. The maximum atomic E-state index is 12.1. The van der Waals surface area contributed by atoms with E-state index >= 15 is 0 Å². The number of para-hydroxylation sites is 1. The van der Waals surface area contributed by atoms with E-state index in [-0.39, 0.29) is 5.91 Å². The molecule has 0 saturated heterocycles. The molecular formula is C17H16N2O2. The topological polar surface area (TPSA) is 62.1 Å². The van der Waals surface area contributed by atoms with Gasteiger partial charge in [-0.25, -0.2) is 0 Å². The zero-order valence-electron chi connectivity index (χ0n) is 11.8. The largest absolute Gasteiger partial charge is 0.496 e. The third-order valence-electron chi connectivity index (χ3n) is 3.10. The van der Waals surface area contributed by atoms with E-state index in [4.69, 9.17) is 10.00 Å². The van der Waals surface area contributed by atoms with Gasteiger partial charge in [0.25, 0.3) is 5.91 Å². The Morgan fingerprint density at radius 2 is 2.05 bits per heavy atom. The van der Waals surface area contributed by atoms with E-state index in [9.17, 15) is 4.79 Å². The first-order valence-corrected chi connectivity index (χ1v) is 6.60. The van der Waals surface area contributed by atoms with Crippen molar-refractivity contribution in [2.75, 3.05) is 7.11 Å². The molecule has 2 rings (SSSR count). The SMILES string of the molecule is COc1ccccc1CNC(=O)c1cccc(CC#N)c1. The first kappa shape index (κ1) is 14.6. The minimum atomic E-state index is -0.166. The highest BCUT2D eigenvalue weighted by Gasteiger charge is 2.08. The Bertz CT molecular complexity index is 674. The van der Waals surface area contributed by atoms with E-state index in [1.807, 2.05) is 30.3 Å². The molecule has 0 spiro atoms. The molecule has 0 saturated carbocycles. The zero-order valence-corrected chi connectivity index (χ0v) is 11.8. The van der Waals surface area contributed by atoms with Crippen LogP contribution in [-0.2, 0) is 13.0 Å². The Balaban J connectivity index is 2.05. The lowest BCUT2D eigenvalue weighted by Gasteiger charge is -2.10. The molecule has 0 bridgehead atoms. The molecule has 0 aliphatic rings. The van der Waals surface area contributed by atoms with Gasteiger partial charge in [-0.1, -0.05) is 30.3 Å². The lowest BCUT2D eigenvalue weighted by molar-refractivity contribution is 0.0950. The molecular weight excluding hydrogens is 264 g/mol. The number of hydrogen-bond acceptors (Lipinski definition) is 3. The van der Waals surface area contributed by atoms with Gasteiger partial charge in [-0.05, 0) is 23.8 Å². The van der Waals surface area contributed by atoms with Crippen molar-refractivity contribution in [3.63, 3.8) is 0 Å². The van der Waals surface area contributed by atoms with Gasteiger partial charge in [0.1, 0.15) is 5.75 Å². The van der Waals surface area contributed by atoms with Crippen LogP contribution in [0.1, 0.15) is 21.5 Å². The van der Waals surface area contributed by atoms with Gasteiger partial charge in [0.2, 0.25) is 0 Å². The van der Waals surface area contributed by atoms with E-state index < -0.39 is 0 Å². The highest BCUT2D eigenvalue weighted by atomic mass is 16.5. The van der Waals surface area contributed by atoms with Gasteiger partial charge in [-0.2, -0.15) is 5.26 Å². The molecule has 106 valence electrons. The fraction of sp³-hybridized carbons (Fsp3) is 0.176. The second kappa shape index (κ2) is 7.11. The van der Waals surface area contributed by atoms with Gasteiger partial charge in [0.15, 0.2) is 0 Å². The van der Waals surface area contributed by atoms with Crippen molar-refractivity contribution in [2.45, 2.75) is 13.0 Å². The number of methoxy groups -OCH3 is 1. The minimum Gasteiger partial charge on any atom is -0.496 e. The third kappa shape index (κ3) is 3.83. The van der Waals surface area contributed by atoms with Gasteiger partial charge in [-0.15, -0.1) is 0 Å². The number of nitrogens with one attached hydrogen (secondary N) is 1. The monoisotopic (exact) mass is 280 g/mol. The summed E-state index contributed by atoms with van der Waals surface area (Å²) in [4.78, 5) is 12.1. The van der Waals surface area contributed by atoms with E-state index in [1.165, 1.54) is 0 Å². The molecule has 0 atom stereocenters. The van der Waals surface area contributed by atoms with E-state index in [2.05, 4.69) is 11.4 Å². The van der Waals surface area contributed by atoms with Crippen molar-refractivity contribution >= 4 is 5.91 Å². The maximum absolute atomic E-state index is 12.1. The summed E-state index contributed by atoms with van der Waals surface area (Å²) in [6, 6.07) is 16.7. The highest BCUT2D eigenvalue weighted by Crippen LogP contribution is 2.17. The van der Waals surface area contributed by atoms with Crippen LogP contribution >= 0.6 is 0 Å². The Morgan fingerprint density at radius 3 is 2.81 bits per heavy atom. The number of amides is 1. The molecule has 0 aliphatic carbocycles. The summed E-state index contributed by atoms with van der Waals surface area (Å²) in [5.74, 6) is 0.580. The fourth-order valence-electron chi connectivity index (χ4n) is 2.04. The molecule has 0 radical (unpaired) electrons. The van der Waals surface area contributed by atoms with Gasteiger partial charge >= 0.3 is 0 Å². The Labute approximate surface area is 124 Å². The minimum absolute atomic E-state index is 0.166. The molecule has 0 heterocycles. The summed E-state index contributed by atoms with van der Waals surface area (Å²) in [5.41, 5.74) is 2.31. The van der Waals surface area contributed by atoms with E-state index in [0.29, 0.717) is 18.5 Å². The number of nitrogens with zero attached hydrogens (tertiary/aromatic N) is 1. The van der Waals surface area contributed by atoms with Crippen molar-refractivity contribution in [1.82, 2.24) is 5.32 Å². The Morgan fingerprint density at radius 1 is 1.24 bits per heavy atom. The molecule has 1 amide bonds. The van der Waals surface area contributed by atoms with Crippen molar-refractivity contribution in [3.05, 3.63) is 65.2 Å². The predicted molar refractivity (Wildman–Crippen MR) is 79.9 cm³/mol. The van der Waals surface area contributed by atoms with Crippen LogP contribution in [0.15, 0.2) is 48.5 Å². The lowest BCUT2D eigenvalue weighted by Crippen LogP contribution is -2.23. The number of nitriles is 1. The predicted octanol–water partition coefficient (Wildman–Crippen LogP) is 2.69. The number of benzene rings is 2. The van der Waals surface area contributed by atoms with Crippen LogP contribution in [0.4, 0.5) is 0 Å². The smallest absolute Gasteiger partial charge is 0.251 e. The first-order valence-electron chi connectivity index (χ1n) is 6.60. The fourth-order valence-corrected chi connectivity index (χ4v) is 2.04. The van der Waals surface area contributed by atoms with Crippen molar-refractivity contribution in [2.24, 2.45) is 0 Å². The second-order valence-corrected chi connectivity index (χ2v) is 4.53. The second-order valence-electron chi connectivity index (χ2n) is 4.53. The molecule has 1 N–H and O–H groups in total. The molecule has 0 fully saturated rings. The summed E-state index contributed by atoms with van der Waals surface area (Å²) < 4.78 is 5.25. The Hall–Kier alpha value is -2.80.